The van der Waals surface area contributed by atoms with Crippen LogP contribution in [0.25, 0.3) is 0 Å². The first kappa shape index (κ1) is 13.8. The Morgan fingerprint density at radius 1 is 1.25 bits per heavy atom. The van der Waals surface area contributed by atoms with Gasteiger partial charge in [0.05, 0.1) is 27.3 Å². The van der Waals surface area contributed by atoms with Crippen molar-refractivity contribution in [2.75, 3.05) is 11.9 Å². The van der Waals surface area contributed by atoms with E-state index in [1.807, 2.05) is 6.07 Å². The fourth-order valence-corrected chi connectivity index (χ4v) is 2.08. The number of non-ortho nitro benzene ring substituents is 1. The van der Waals surface area contributed by atoms with Gasteiger partial charge in [0.1, 0.15) is 0 Å². The van der Waals surface area contributed by atoms with Crippen LogP contribution in [0.15, 0.2) is 42.5 Å². The summed E-state index contributed by atoms with van der Waals surface area (Å²) in [6, 6.07) is 13.3. The molecule has 0 aliphatic heterocycles. The zero-order chi connectivity index (χ0) is 14.7. The number of rotatable bonds is 3. The van der Waals surface area contributed by atoms with Gasteiger partial charge in [0.25, 0.3) is 5.69 Å². The molecule has 0 aromatic heterocycles. The third kappa shape index (κ3) is 2.71. The number of benzene rings is 2. The molecule has 0 bridgehead atoms. The Hall–Kier alpha value is -2.58. The minimum absolute atomic E-state index is 0.0491. The molecule has 0 atom stereocenters. The minimum atomic E-state index is -0.489. The molecule has 100 valence electrons. The minimum Gasteiger partial charge on any atom is -0.343 e. The Balaban J connectivity index is 2.35. The molecule has 5 nitrogen and oxygen atoms in total. The maximum atomic E-state index is 10.7. The van der Waals surface area contributed by atoms with E-state index in [1.54, 1.807) is 42.3 Å². The van der Waals surface area contributed by atoms with E-state index < -0.39 is 4.92 Å². The topological polar surface area (TPSA) is 70.2 Å². The lowest BCUT2D eigenvalue weighted by Crippen LogP contribution is -2.10. The normalized spacial score (nSPS) is 9.85. The van der Waals surface area contributed by atoms with E-state index in [0.29, 0.717) is 16.3 Å². The summed E-state index contributed by atoms with van der Waals surface area (Å²) in [4.78, 5) is 12.0. The van der Waals surface area contributed by atoms with Crippen LogP contribution in [-0.2, 0) is 0 Å². The number of hydrogen-bond donors (Lipinski definition) is 0. The summed E-state index contributed by atoms with van der Waals surface area (Å²) >= 11 is 6.08. The third-order valence-electron chi connectivity index (χ3n) is 2.89. The molecule has 0 saturated carbocycles. The third-order valence-corrected chi connectivity index (χ3v) is 3.19. The van der Waals surface area contributed by atoms with Gasteiger partial charge in [0.2, 0.25) is 0 Å². The van der Waals surface area contributed by atoms with Crippen molar-refractivity contribution < 1.29 is 4.92 Å². The molecule has 6 heteroatoms. The molecular weight excluding hydrogens is 278 g/mol. The number of nitrogens with zero attached hydrogens (tertiary/aromatic N) is 3. The average Bonchev–Trinajstić information content (AvgIpc) is 2.46. The molecule has 0 spiro atoms. The Bertz CT molecular complexity index is 693. The second-order valence-corrected chi connectivity index (χ2v) is 4.52. The zero-order valence-electron chi connectivity index (χ0n) is 10.6. The molecule has 0 heterocycles. The van der Waals surface area contributed by atoms with Crippen molar-refractivity contribution in [1.82, 2.24) is 0 Å². The zero-order valence-corrected chi connectivity index (χ0v) is 11.3. The Morgan fingerprint density at radius 2 is 1.90 bits per heavy atom. The van der Waals surface area contributed by atoms with Gasteiger partial charge in [-0.25, -0.2) is 0 Å². The van der Waals surface area contributed by atoms with Gasteiger partial charge in [-0.15, -0.1) is 0 Å². The highest BCUT2D eigenvalue weighted by Crippen LogP contribution is 2.33. The van der Waals surface area contributed by atoms with Crippen molar-refractivity contribution in [2.45, 2.75) is 0 Å². The van der Waals surface area contributed by atoms with E-state index in [0.717, 1.165) is 5.69 Å². The first-order chi connectivity index (χ1) is 9.52. The summed E-state index contributed by atoms with van der Waals surface area (Å²) in [7, 11) is 1.80. The molecule has 2 aromatic rings. The van der Waals surface area contributed by atoms with Crippen molar-refractivity contribution in [3.05, 3.63) is 63.2 Å². The molecule has 20 heavy (non-hydrogen) atoms. The summed E-state index contributed by atoms with van der Waals surface area (Å²) in [5.41, 5.74) is 2.01. The van der Waals surface area contributed by atoms with E-state index in [-0.39, 0.29) is 5.69 Å². The summed E-state index contributed by atoms with van der Waals surface area (Å²) in [6.45, 7) is 0. The second-order valence-electron chi connectivity index (χ2n) is 4.11. The number of nitro benzene ring substituents is 1. The van der Waals surface area contributed by atoms with E-state index in [1.165, 1.54) is 12.1 Å². The average molecular weight is 288 g/mol. The van der Waals surface area contributed by atoms with Gasteiger partial charge in [0, 0.05) is 24.9 Å². The number of nitro groups is 1. The molecule has 2 rings (SSSR count). The summed E-state index contributed by atoms with van der Waals surface area (Å²) in [6.07, 6.45) is 0. The predicted molar refractivity (Wildman–Crippen MR) is 77.3 cm³/mol. The van der Waals surface area contributed by atoms with Gasteiger partial charge in [0.15, 0.2) is 0 Å². The van der Waals surface area contributed by atoms with Gasteiger partial charge in [-0.05, 0) is 30.3 Å². The van der Waals surface area contributed by atoms with E-state index in [4.69, 9.17) is 16.9 Å². The van der Waals surface area contributed by atoms with Crippen LogP contribution in [0.5, 0.6) is 0 Å². The van der Waals surface area contributed by atoms with Crippen LogP contribution in [0.4, 0.5) is 17.1 Å². The summed E-state index contributed by atoms with van der Waals surface area (Å²) in [5.74, 6) is 0. The number of halogens is 1. The van der Waals surface area contributed by atoms with Crippen LogP contribution < -0.4 is 4.90 Å². The standard InChI is InChI=1S/C14H10ClN3O2/c1-17(11-4-2-10(9-16)3-5-11)14-7-6-12(18(19)20)8-13(14)15/h2-8H,1H3. The van der Waals surface area contributed by atoms with Gasteiger partial charge in [-0.1, -0.05) is 11.6 Å². The first-order valence-corrected chi connectivity index (χ1v) is 6.08. The largest absolute Gasteiger partial charge is 0.343 e. The van der Waals surface area contributed by atoms with Crippen LogP contribution in [-0.4, -0.2) is 12.0 Å². The number of nitriles is 1. The fourth-order valence-electron chi connectivity index (χ4n) is 1.78. The highest BCUT2D eigenvalue weighted by atomic mass is 35.5. The van der Waals surface area contributed by atoms with Crippen LogP contribution in [0.3, 0.4) is 0 Å². The molecule has 0 aliphatic rings. The van der Waals surface area contributed by atoms with Crippen molar-refractivity contribution in [3.63, 3.8) is 0 Å². The van der Waals surface area contributed by atoms with E-state index in [9.17, 15) is 10.1 Å². The van der Waals surface area contributed by atoms with Gasteiger partial charge >= 0.3 is 0 Å². The van der Waals surface area contributed by atoms with Crippen molar-refractivity contribution in [2.24, 2.45) is 0 Å². The van der Waals surface area contributed by atoms with E-state index >= 15 is 0 Å². The van der Waals surface area contributed by atoms with Crippen molar-refractivity contribution >= 4 is 28.7 Å². The molecule has 0 unspecified atom stereocenters. The lowest BCUT2D eigenvalue weighted by atomic mass is 10.2. The maximum absolute atomic E-state index is 10.7. The predicted octanol–water partition coefficient (Wildman–Crippen LogP) is 3.89. The molecular formula is C14H10ClN3O2. The van der Waals surface area contributed by atoms with Crippen molar-refractivity contribution in [1.29, 1.82) is 5.26 Å². The molecule has 0 N–H and O–H groups in total. The quantitative estimate of drug-likeness (QED) is 0.634. The summed E-state index contributed by atoms with van der Waals surface area (Å²) < 4.78 is 0. The van der Waals surface area contributed by atoms with Crippen molar-refractivity contribution in [3.8, 4) is 6.07 Å². The molecule has 2 aromatic carbocycles. The smallest absolute Gasteiger partial charge is 0.271 e. The Morgan fingerprint density at radius 3 is 2.40 bits per heavy atom. The van der Waals surface area contributed by atoms with Crippen LogP contribution >= 0.6 is 11.6 Å². The molecule has 0 amide bonds. The SMILES string of the molecule is CN(c1ccc(C#N)cc1)c1ccc([N+](=O)[O-])cc1Cl. The van der Waals surface area contributed by atoms with Gasteiger partial charge < -0.3 is 4.90 Å². The number of hydrogen-bond acceptors (Lipinski definition) is 4. The highest BCUT2D eigenvalue weighted by molar-refractivity contribution is 6.33. The number of anilines is 2. The lowest BCUT2D eigenvalue weighted by molar-refractivity contribution is -0.384. The first-order valence-electron chi connectivity index (χ1n) is 5.71. The van der Waals surface area contributed by atoms with Crippen LogP contribution in [0.2, 0.25) is 5.02 Å². The Kier molecular flexibility index (Phi) is 3.87. The molecule has 0 saturated heterocycles. The second kappa shape index (κ2) is 5.59. The van der Waals surface area contributed by atoms with Gasteiger partial charge in [-0.3, -0.25) is 10.1 Å². The molecule has 0 radical (unpaired) electrons. The molecule has 0 fully saturated rings. The van der Waals surface area contributed by atoms with Crippen LogP contribution in [0.1, 0.15) is 5.56 Å². The molecule has 0 aliphatic carbocycles. The van der Waals surface area contributed by atoms with E-state index in [2.05, 4.69) is 0 Å². The fraction of sp³-hybridized carbons (Fsp3) is 0.0714. The highest BCUT2D eigenvalue weighted by Gasteiger charge is 2.13. The summed E-state index contributed by atoms with van der Waals surface area (Å²) in [5, 5.41) is 19.7. The van der Waals surface area contributed by atoms with Crippen LogP contribution in [0, 0.1) is 21.4 Å². The maximum Gasteiger partial charge on any atom is 0.271 e. The lowest BCUT2D eigenvalue weighted by Gasteiger charge is -2.20. The van der Waals surface area contributed by atoms with Gasteiger partial charge in [-0.2, -0.15) is 5.26 Å². The Labute approximate surface area is 120 Å². The monoisotopic (exact) mass is 287 g/mol.